The number of anilines is 1. The van der Waals surface area contributed by atoms with Crippen molar-refractivity contribution in [2.75, 3.05) is 10.8 Å². The number of sulfonamides is 1. The van der Waals surface area contributed by atoms with Gasteiger partial charge in [0.25, 0.3) is 10.0 Å². The summed E-state index contributed by atoms with van der Waals surface area (Å²) >= 11 is 0. The Morgan fingerprint density at radius 1 is 1.05 bits per heavy atom. The van der Waals surface area contributed by atoms with Gasteiger partial charge in [-0.25, -0.2) is 8.42 Å². The van der Waals surface area contributed by atoms with Crippen LogP contribution in [0.4, 0.5) is 5.69 Å². The van der Waals surface area contributed by atoms with Crippen LogP contribution in [-0.2, 0) is 16.4 Å². The Kier molecular flexibility index (Phi) is 5.18. The first-order valence-corrected chi connectivity index (χ1v) is 8.57. The lowest BCUT2D eigenvalue weighted by Gasteiger charge is -2.23. The fraction of sp³-hybridized carbons (Fsp3) is 0.235. The van der Waals surface area contributed by atoms with E-state index in [1.54, 1.807) is 36.4 Å². The van der Waals surface area contributed by atoms with Gasteiger partial charge in [0.15, 0.2) is 0 Å². The molecule has 0 aliphatic rings. The molecule has 5 heteroatoms. The molecule has 0 aliphatic heterocycles. The third-order valence-corrected chi connectivity index (χ3v) is 5.23. The summed E-state index contributed by atoms with van der Waals surface area (Å²) in [5.74, 6) is 0. The molecule has 114 valence electrons. The third kappa shape index (κ3) is 3.46. The molecule has 4 nitrogen and oxygen atoms in total. The molecule has 0 spiro atoms. The number of aryl methyl sites for hydroxylation is 1. The minimum Gasteiger partial charge on any atom is -0.265 e. The maximum absolute atomic E-state index is 12.9. The Morgan fingerprint density at radius 3 is 2.23 bits per heavy atom. The van der Waals surface area contributed by atoms with E-state index in [-0.39, 0.29) is 17.9 Å². The average molecular weight is 314 g/mol. The molecular weight excluding hydrogens is 296 g/mol. The Hall–Kier alpha value is -2.32. The summed E-state index contributed by atoms with van der Waals surface area (Å²) in [6, 6.07) is 17.7. The summed E-state index contributed by atoms with van der Waals surface area (Å²) in [6.07, 6.45) is 0.998. The Morgan fingerprint density at radius 2 is 1.68 bits per heavy atom. The number of benzene rings is 2. The van der Waals surface area contributed by atoms with Gasteiger partial charge in [-0.2, -0.15) is 5.26 Å². The number of rotatable bonds is 6. The summed E-state index contributed by atoms with van der Waals surface area (Å²) in [5.41, 5.74) is 1.65. The fourth-order valence-corrected chi connectivity index (χ4v) is 3.62. The summed E-state index contributed by atoms with van der Waals surface area (Å²) in [7, 11) is -3.67. The molecule has 0 bridgehead atoms. The molecule has 0 aliphatic carbocycles. The summed E-state index contributed by atoms with van der Waals surface area (Å²) in [6.45, 7) is 2.16. The quantitative estimate of drug-likeness (QED) is 0.821. The van der Waals surface area contributed by atoms with Crippen LogP contribution in [0.2, 0.25) is 0 Å². The highest BCUT2D eigenvalue weighted by Crippen LogP contribution is 2.24. The molecule has 0 aromatic heterocycles. The smallest absolute Gasteiger partial charge is 0.264 e. The van der Waals surface area contributed by atoms with Gasteiger partial charge in [0.1, 0.15) is 0 Å². The van der Waals surface area contributed by atoms with Gasteiger partial charge in [-0.1, -0.05) is 37.3 Å². The standard InChI is InChI=1S/C17H18N2O2S/c1-2-15-9-11-17(12-10-15)22(20,21)19(14-6-13-18)16-7-4-3-5-8-16/h3-5,7-12H,2,6,14H2,1H3. The molecule has 22 heavy (non-hydrogen) atoms. The van der Waals surface area contributed by atoms with Crippen molar-refractivity contribution in [2.24, 2.45) is 0 Å². The van der Waals surface area contributed by atoms with Crippen LogP contribution in [0.15, 0.2) is 59.5 Å². The van der Waals surface area contributed by atoms with Crippen molar-refractivity contribution < 1.29 is 8.42 Å². The van der Waals surface area contributed by atoms with Gasteiger partial charge >= 0.3 is 0 Å². The van der Waals surface area contributed by atoms with E-state index >= 15 is 0 Å². The lowest BCUT2D eigenvalue weighted by Crippen LogP contribution is -2.31. The van der Waals surface area contributed by atoms with Crippen molar-refractivity contribution in [3.8, 4) is 6.07 Å². The van der Waals surface area contributed by atoms with Crippen LogP contribution in [0.3, 0.4) is 0 Å². The molecule has 2 aromatic carbocycles. The maximum Gasteiger partial charge on any atom is 0.264 e. The SMILES string of the molecule is CCc1ccc(S(=O)(=O)N(CCC#N)c2ccccc2)cc1. The van der Waals surface area contributed by atoms with Crippen LogP contribution < -0.4 is 4.31 Å². The second-order valence-corrected chi connectivity index (χ2v) is 6.68. The van der Waals surface area contributed by atoms with Crippen molar-refractivity contribution in [1.29, 1.82) is 5.26 Å². The Labute approximate surface area is 131 Å². The van der Waals surface area contributed by atoms with Crippen LogP contribution >= 0.6 is 0 Å². The lowest BCUT2D eigenvalue weighted by molar-refractivity contribution is 0.591. The molecule has 0 radical (unpaired) electrons. The van der Waals surface area contributed by atoms with Crippen LogP contribution in [0.5, 0.6) is 0 Å². The van der Waals surface area contributed by atoms with E-state index in [4.69, 9.17) is 5.26 Å². The predicted octanol–water partition coefficient (Wildman–Crippen LogP) is 3.36. The lowest BCUT2D eigenvalue weighted by atomic mass is 10.2. The molecule has 0 fully saturated rings. The van der Waals surface area contributed by atoms with Crippen molar-refractivity contribution in [1.82, 2.24) is 0 Å². The van der Waals surface area contributed by atoms with Gasteiger partial charge in [-0.15, -0.1) is 0 Å². The first kappa shape index (κ1) is 16.1. The molecular formula is C17H18N2O2S. The summed E-state index contributed by atoms with van der Waals surface area (Å²) in [5, 5.41) is 8.80. The van der Waals surface area contributed by atoms with Crippen LogP contribution in [0.25, 0.3) is 0 Å². The molecule has 2 rings (SSSR count). The van der Waals surface area contributed by atoms with E-state index in [2.05, 4.69) is 0 Å². The van der Waals surface area contributed by atoms with Gasteiger partial charge in [-0.05, 0) is 36.2 Å². The van der Waals surface area contributed by atoms with Gasteiger partial charge in [0, 0.05) is 6.54 Å². The monoisotopic (exact) mass is 314 g/mol. The van der Waals surface area contributed by atoms with Crippen molar-refractivity contribution in [3.05, 3.63) is 60.2 Å². The number of nitriles is 1. The van der Waals surface area contributed by atoms with Gasteiger partial charge in [-0.3, -0.25) is 4.31 Å². The Balaban J connectivity index is 2.42. The molecule has 0 unspecified atom stereocenters. The van der Waals surface area contributed by atoms with E-state index in [0.717, 1.165) is 12.0 Å². The molecule has 0 amide bonds. The third-order valence-electron chi connectivity index (χ3n) is 3.39. The molecule has 0 atom stereocenters. The highest BCUT2D eigenvalue weighted by atomic mass is 32.2. The van der Waals surface area contributed by atoms with E-state index < -0.39 is 10.0 Å². The highest BCUT2D eigenvalue weighted by Gasteiger charge is 2.24. The van der Waals surface area contributed by atoms with E-state index in [1.807, 2.05) is 31.2 Å². The minimum absolute atomic E-state index is 0.137. The zero-order valence-electron chi connectivity index (χ0n) is 12.4. The maximum atomic E-state index is 12.9. The van der Waals surface area contributed by atoms with E-state index in [0.29, 0.717) is 5.69 Å². The first-order chi connectivity index (χ1) is 10.6. The summed E-state index contributed by atoms with van der Waals surface area (Å²) < 4.78 is 27.0. The van der Waals surface area contributed by atoms with Crippen molar-refractivity contribution in [2.45, 2.75) is 24.7 Å². The van der Waals surface area contributed by atoms with Gasteiger partial charge < -0.3 is 0 Å². The molecule has 0 heterocycles. The average Bonchev–Trinajstić information content (AvgIpc) is 2.56. The number of hydrogen-bond acceptors (Lipinski definition) is 3. The van der Waals surface area contributed by atoms with Gasteiger partial charge in [0.2, 0.25) is 0 Å². The number of para-hydroxylation sites is 1. The van der Waals surface area contributed by atoms with Crippen LogP contribution in [-0.4, -0.2) is 15.0 Å². The number of nitrogens with zero attached hydrogens (tertiary/aromatic N) is 2. The number of hydrogen-bond donors (Lipinski definition) is 0. The molecule has 0 N–H and O–H groups in total. The van der Waals surface area contributed by atoms with Crippen molar-refractivity contribution >= 4 is 15.7 Å². The second kappa shape index (κ2) is 7.10. The zero-order chi connectivity index (χ0) is 16.0. The second-order valence-electron chi connectivity index (χ2n) is 4.82. The molecule has 2 aromatic rings. The topological polar surface area (TPSA) is 61.2 Å². The molecule has 0 saturated heterocycles. The highest BCUT2D eigenvalue weighted by molar-refractivity contribution is 7.92. The van der Waals surface area contributed by atoms with E-state index in [9.17, 15) is 8.42 Å². The predicted molar refractivity (Wildman–Crippen MR) is 87.0 cm³/mol. The van der Waals surface area contributed by atoms with Crippen molar-refractivity contribution in [3.63, 3.8) is 0 Å². The van der Waals surface area contributed by atoms with Crippen LogP contribution in [0, 0.1) is 11.3 Å². The molecule has 0 saturated carbocycles. The Bertz CT molecular complexity index is 747. The minimum atomic E-state index is -3.67. The van der Waals surface area contributed by atoms with E-state index in [1.165, 1.54) is 4.31 Å². The fourth-order valence-electron chi connectivity index (χ4n) is 2.16. The van der Waals surface area contributed by atoms with Gasteiger partial charge in [0.05, 0.1) is 23.1 Å². The largest absolute Gasteiger partial charge is 0.265 e. The zero-order valence-corrected chi connectivity index (χ0v) is 13.3. The van der Waals surface area contributed by atoms with Crippen LogP contribution in [0.1, 0.15) is 18.9 Å². The normalized spacial score (nSPS) is 10.9. The first-order valence-electron chi connectivity index (χ1n) is 7.13. The summed E-state index contributed by atoms with van der Waals surface area (Å²) in [4.78, 5) is 0.242.